The number of nitrogen functional groups attached to an aromatic ring is 1. The van der Waals surface area contributed by atoms with Gasteiger partial charge in [-0.2, -0.15) is 17.7 Å². The second-order valence-electron chi connectivity index (χ2n) is 5.70. The molecule has 0 spiro atoms. The molecular formula is C16H17F2NO5S. The summed E-state index contributed by atoms with van der Waals surface area (Å²) in [6.45, 7) is 4.30. The van der Waals surface area contributed by atoms with Crippen LogP contribution in [0.5, 0.6) is 5.75 Å². The third-order valence-corrected chi connectivity index (χ3v) is 4.16. The van der Waals surface area contributed by atoms with Crippen LogP contribution in [-0.4, -0.2) is 14.2 Å². The zero-order chi connectivity index (χ0) is 18.8. The first-order valence-electron chi connectivity index (χ1n) is 7.13. The van der Waals surface area contributed by atoms with Gasteiger partial charge in [-0.05, 0) is 31.2 Å². The second-order valence-corrected chi connectivity index (χ2v) is 7.22. The lowest BCUT2D eigenvalue weighted by Gasteiger charge is -2.25. The molecule has 2 N–H and O–H groups in total. The van der Waals surface area contributed by atoms with Gasteiger partial charge in [-0.25, -0.2) is 4.39 Å². The maximum Gasteiger partial charge on any atom is 0.323 e. The molecule has 0 amide bonds. The van der Waals surface area contributed by atoms with E-state index < -0.39 is 33.3 Å². The summed E-state index contributed by atoms with van der Waals surface area (Å²) in [5, 5.41) is 0. The molecule has 6 nitrogen and oxygen atoms in total. The molecule has 2 aromatic rings. The SMILES string of the molecule is Cc1ccc(S(=O)(=O)OOC(C)(C)Oc2c(N)ccc(F)c2F)cc1. The van der Waals surface area contributed by atoms with Gasteiger partial charge in [0.15, 0.2) is 11.6 Å². The lowest BCUT2D eigenvalue weighted by atomic mass is 10.2. The molecule has 0 aliphatic heterocycles. The first kappa shape index (κ1) is 19.1. The van der Waals surface area contributed by atoms with Gasteiger partial charge >= 0.3 is 10.1 Å². The average molecular weight is 373 g/mol. The van der Waals surface area contributed by atoms with Gasteiger partial charge in [0.2, 0.25) is 11.6 Å². The summed E-state index contributed by atoms with van der Waals surface area (Å²) < 4.78 is 60.8. The fourth-order valence-corrected chi connectivity index (χ4v) is 2.59. The lowest BCUT2D eigenvalue weighted by Crippen LogP contribution is -2.33. The van der Waals surface area contributed by atoms with Gasteiger partial charge in [-0.1, -0.05) is 22.0 Å². The van der Waals surface area contributed by atoms with Crippen LogP contribution in [0.2, 0.25) is 0 Å². The molecule has 0 bridgehead atoms. The highest BCUT2D eigenvalue weighted by molar-refractivity contribution is 7.86. The predicted octanol–water partition coefficient (Wildman–Crippen LogP) is 3.31. The number of rotatable bonds is 6. The summed E-state index contributed by atoms with van der Waals surface area (Å²) in [7, 11) is -4.23. The Bertz CT molecular complexity index is 867. The van der Waals surface area contributed by atoms with Crippen molar-refractivity contribution in [2.75, 3.05) is 5.73 Å². The van der Waals surface area contributed by atoms with Crippen LogP contribution in [0.3, 0.4) is 0 Å². The van der Waals surface area contributed by atoms with Crippen molar-refractivity contribution in [2.45, 2.75) is 31.5 Å². The number of aryl methyl sites for hydroxylation is 1. The molecule has 0 aliphatic rings. The fraction of sp³-hybridized carbons (Fsp3) is 0.250. The molecule has 0 radical (unpaired) electrons. The minimum absolute atomic E-state index is 0.134. The molecule has 2 aromatic carbocycles. The maximum absolute atomic E-state index is 13.8. The zero-order valence-corrected chi connectivity index (χ0v) is 14.6. The summed E-state index contributed by atoms with van der Waals surface area (Å²) in [5.41, 5.74) is 6.22. The van der Waals surface area contributed by atoms with E-state index in [1.165, 1.54) is 26.0 Å². The van der Waals surface area contributed by atoms with Crippen LogP contribution in [0.15, 0.2) is 41.3 Å². The van der Waals surface area contributed by atoms with Crippen LogP contribution in [-0.2, 0) is 19.3 Å². The van der Waals surface area contributed by atoms with Crippen molar-refractivity contribution in [3.63, 3.8) is 0 Å². The highest BCUT2D eigenvalue weighted by Gasteiger charge is 2.30. The number of benzene rings is 2. The normalized spacial score (nSPS) is 12.2. The Labute approximate surface area is 144 Å². The van der Waals surface area contributed by atoms with Gasteiger partial charge in [-0.3, -0.25) is 0 Å². The second kappa shape index (κ2) is 6.95. The van der Waals surface area contributed by atoms with Crippen LogP contribution in [0, 0.1) is 18.6 Å². The molecule has 2 rings (SSSR count). The van der Waals surface area contributed by atoms with Crippen molar-refractivity contribution in [1.82, 2.24) is 0 Å². The molecule has 0 atom stereocenters. The maximum atomic E-state index is 13.8. The Balaban J connectivity index is 2.14. The quantitative estimate of drug-likeness (QED) is 0.362. The number of nitrogens with two attached hydrogens (primary N) is 1. The summed E-state index contributed by atoms with van der Waals surface area (Å²) in [4.78, 5) is 4.64. The van der Waals surface area contributed by atoms with Crippen LogP contribution in [0.25, 0.3) is 0 Å². The molecule has 0 aromatic heterocycles. The van der Waals surface area contributed by atoms with Gasteiger partial charge in [0.05, 0.1) is 10.6 Å². The Hall–Kier alpha value is -2.23. The zero-order valence-electron chi connectivity index (χ0n) is 13.7. The summed E-state index contributed by atoms with van der Waals surface area (Å²) in [6, 6.07) is 7.79. The van der Waals surface area contributed by atoms with Crippen molar-refractivity contribution in [1.29, 1.82) is 0 Å². The Morgan fingerprint density at radius 3 is 2.24 bits per heavy atom. The Morgan fingerprint density at radius 2 is 1.64 bits per heavy atom. The highest BCUT2D eigenvalue weighted by atomic mass is 32.2. The molecule has 0 saturated carbocycles. The number of anilines is 1. The topological polar surface area (TPSA) is 87.9 Å². The Morgan fingerprint density at radius 1 is 1.04 bits per heavy atom. The van der Waals surface area contributed by atoms with E-state index in [1.54, 1.807) is 19.1 Å². The van der Waals surface area contributed by atoms with Gasteiger partial charge in [0.1, 0.15) is 0 Å². The summed E-state index contributed by atoms with van der Waals surface area (Å²) in [5.74, 6) is -4.88. The molecule has 0 aliphatic carbocycles. The number of ether oxygens (including phenoxy) is 1. The van der Waals surface area contributed by atoms with Crippen molar-refractivity contribution in [3.05, 3.63) is 53.6 Å². The molecule has 0 heterocycles. The van der Waals surface area contributed by atoms with E-state index in [4.69, 9.17) is 15.4 Å². The number of hydrogen-bond acceptors (Lipinski definition) is 6. The van der Waals surface area contributed by atoms with Crippen LogP contribution in [0.1, 0.15) is 19.4 Å². The van der Waals surface area contributed by atoms with E-state index in [0.29, 0.717) is 0 Å². The average Bonchev–Trinajstić information content (AvgIpc) is 2.54. The monoisotopic (exact) mass is 373 g/mol. The summed E-state index contributed by atoms with van der Waals surface area (Å²) in [6.07, 6.45) is 0. The minimum Gasteiger partial charge on any atom is -0.455 e. The molecule has 0 unspecified atom stereocenters. The molecule has 136 valence electrons. The molecule has 0 saturated heterocycles. The van der Waals surface area contributed by atoms with E-state index in [2.05, 4.69) is 4.33 Å². The van der Waals surface area contributed by atoms with Gasteiger partial charge in [-0.15, -0.1) is 0 Å². The Kier molecular flexibility index (Phi) is 5.31. The predicted molar refractivity (Wildman–Crippen MR) is 86.0 cm³/mol. The fourth-order valence-electron chi connectivity index (χ4n) is 1.78. The van der Waals surface area contributed by atoms with Crippen LogP contribution >= 0.6 is 0 Å². The van der Waals surface area contributed by atoms with E-state index in [9.17, 15) is 17.2 Å². The summed E-state index contributed by atoms with van der Waals surface area (Å²) >= 11 is 0. The minimum atomic E-state index is -4.23. The largest absolute Gasteiger partial charge is 0.455 e. The third kappa shape index (κ3) is 4.65. The molecular weight excluding hydrogens is 356 g/mol. The van der Waals surface area contributed by atoms with Crippen LogP contribution in [0.4, 0.5) is 14.5 Å². The van der Waals surface area contributed by atoms with Crippen molar-refractivity contribution in [2.24, 2.45) is 0 Å². The molecule has 0 fully saturated rings. The molecule has 25 heavy (non-hydrogen) atoms. The van der Waals surface area contributed by atoms with Gasteiger partial charge in [0.25, 0.3) is 0 Å². The van der Waals surface area contributed by atoms with Crippen molar-refractivity contribution >= 4 is 15.8 Å². The van der Waals surface area contributed by atoms with E-state index in [-0.39, 0.29) is 10.6 Å². The number of halogens is 2. The molecule has 9 heteroatoms. The third-order valence-electron chi connectivity index (χ3n) is 3.06. The smallest absolute Gasteiger partial charge is 0.323 e. The highest BCUT2D eigenvalue weighted by Crippen LogP contribution is 2.31. The van der Waals surface area contributed by atoms with E-state index >= 15 is 0 Å². The van der Waals surface area contributed by atoms with E-state index in [1.807, 2.05) is 0 Å². The van der Waals surface area contributed by atoms with E-state index in [0.717, 1.165) is 17.7 Å². The van der Waals surface area contributed by atoms with Gasteiger partial charge in [0, 0.05) is 13.8 Å². The van der Waals surface area contributed by atoms with Gasteiger partial charge < -0.3 is 10.5 Å². The van der Waals surface area contributed by atoms with Crippen molar-refractivity contribution in [3.8, 4) is 5.75 Å². The lowest BCUT2D eigenvalue weighted by molar-refractivity contribution is -0.339. The van der Waals surface area contributed by atoms with Crippen LogP contribution < -0.4 is 10.5 Å². The first-order valence-corrected chi connectivity index (χ1v) is 8.54. The number of hydrogen-bond donors (Lipinski definition) is 1. The standard InChI is InChI=1S/C16H17F2NO5S/c1-10-4-6-11(7-5-10)25(20,21)24-23-16(2,3)22-15-13(19)9-8-12(17)14(15)18/h4-9H,19H2,1-3H3. The van der Waals surface area contributed by atoms with Crippen molar-refractivity contribution < 1.29 is 31.2 Å². The first-order chi connectivity index (χ1) is 11.5.